The summed E-state index contributed by atoms with van der Waals surface area (Å²) < 4.78 is 2.34. The van der Waals surface area contributed by atoms with Gasteiger partial charge in [0.05, 0.1) is 13.7 Å². The van der Waals surface area contributed by atoms with Crippen molar-refractivity contribution in [1.82, 2.24) is 4.90 Å². The fourth-order valence-electron chi connectivity index (χ4n) is 1.68. The Kier molecular flexibility index (Phi) is 3.65. The van der Waals surface area contributed by atoms with Crippen molar-refractivity contribution >= 4 is 43.2 Å². The first-order valence-electron chi connectivity index (χ1n) is 4.49. The van der Waals surface area contributed by atoms with Crippen molar-refractivity contribution in [3.8, 4) is 0 Å². The van der Waals surface area contributed by atoms with E-state index in [1.165, 1.54) is 9.35 Å². The van der Waals surface area contributed by atoms with Crippen LogP contribution in [0.25, 0.3) is 0 Å². The van der Waals surface area contributed by atoms with Crippen LogP contribution < -0.4 is 0 Å². The van der Waals surface area contributed by atoms with E-state index in [1.54, 1.807) is 11.3 Å². The van der Waals surface area contributed by atoms with Crippen molar-refractivity contribution in [2.45, 2.75) is 19.1 Å². The summed E-state index contributed by atoms with van der Waals surface area (Å²) in [5.74, 6) is 0. The molecule has 2 rings (SSSR count). The minimum Gasteiger partial charge on any atom is -0.392 e. The molecule has 5 heteroatoms. The predicted octanol–water partition coefficient (Wildman–Crippen LogP) is 2.84. The quantitative estimate of drug-likeness (QED) is 0.894. The van der Waals surface area contributed by atoms with Gasteiger partial charge in [0, 0.05) is 19.6 Å². The Balaban J connectivity index is 2.00. The van der Waals surface area contributed by atoms with Crippen LogP contribution in [0.3, 0.4) is 0 Å². The van der Waals surface area contributed by atoms with Gasteiger partial charge >= 0.3 is 0 Å². The summed E-state index contributed by atoms with van der Waals surface area (Å²) in [7, 11) is 0. The number of likely N-dealkylation sites (tertiary alicyclic amines) is 1. The average molecular weight is 341 g/mol. The van der Waals surface area contributed by atoms with Crippen molar-refractivity contribution in [1.29, 1.82) is 0 Å². The number of thiophene rings is 1. The van der Waals surface area contributed by atoms with Gasteiger partial charge in [0.15, 0.2) is 0 Å². The molecule has 0 radical (unpaired) electrons. The maximum Gasteiger partial charge on any atom is 0.0755 e. The Bertz CT molecular complexity index is 329. The van der Waals surface area contributed by atoms with Crippen molar-refractivity contribution in [3.05, 3.63) is 19.2 Å². The number of aliphatic hydroxyl groups excluding tert-OH is 1. The largest absolute Gasteiger partial charge is 0.392 e. The smallest absolute Gasteiger partial charge is 0.0755 e. The summed E-state index contributed by atoms with van der Waals surface area (Å²) in [5.41, 5.74) is 1.30. The molecule has 1 aromatic heterocycles. The van der Waals surface area contributed by atoms with Crippen molar-refractivity contribution in [2.24, 2.45) is 0 Å². The van der Waals surface area contributed by atoms with E-state index < -0.39 is 0 Å². The Morgan fingerprint density at radius 2 is 2.36 bits per heavy atom. The molecular weight excluding hydrogens is 330 g/mol. The van der Waals surface area contributed by atoms with Crippen LogP contribution >= 0.6 is 43.2 Å². The van der Waals surface area contributed by atoms with E-state index in [2.05, 4.69) is 42.8 Å². The van der Waals surface area contributed by atoms with Gasteiger partial charge in [0.1, 0.15) is 0 Å². The van der Waals surface area contributed by atoms with Crippen LogP contribution in [0.4, 0.5) is 0 Å². The number of nitrogens with zero attached hydrogens (tertiary/aromatic N) is 1. The van der Waals surface area contributed by atoms with E-state index in [0.29, 0.717) is 0 Å². The molecule has 78 valence electrons. The first-order chi connectivity index (χ1) is 6.65. The molecule has 1 aromatic rings. The molecule has 2 heterocycles. The molecule has 1 saturated heterocycles. The molecular formula is C9H11Br2NOS. The number of hydrogen-bond donors (Lipinski definition) is 1. The molecule has 0 spiro atoms. The van der Waals surface area contributed by atoms with Gasteiger partial charge in [-0.25, -0.2) is 0 Å². The maximum absolute atomic E-state index is 9.39. The van der Waals surface area contributed by atoms with Gasteiger partial charge in [-0.05, 0) is 49.9 Å². The first-order valence-corrected chi connectivity index (χ1v) is 6.89. The lowest BCUT2D eigenvalue weighted by atomic mass is 10.3. The van der Waals surface area contributed by atoms with E-state index in [9.17, 15) is 5.11 Å². The predicted molar refractivity (Wildman–Crippen MR) is 65.6 cm³/mol. The fraction of sp³-hybridized carbons (Fsp3) is 0.556. The second kappa shape index (κ2) is 4.61. The molecule has 0 aromatic carbocycles. The van der Waals surface area contributed by atoms with Gasteiger partial charge in [-0.15, -0.1) is 11.3 Å². The van der Waals surface area contributed by atoms with Crippen LogP contribution in [0, 0.1) is 0 Å². The van der Waals surface area contributed by atoms with Crippen LogP contribution in [0.2, 0.25) is 0 Å². The van der Waals surface area contributed by atoms with Crippen LogP contribution in [-0.2, 0) is 6.54 Å². The van der Waals surface area contributed by atoms with E-state index in [-0.39, 0.29) is 6.10 Å². The van der Waals surface area contributed by atoms with Crippen LogP contribution in [0.15, 0.2) is 13.6 Å². The second-order valence-corrected chi connectivity index (χ2v) is 7.28. The monoisotopic (exact) mass is 339 g/mol. The van der Waals surface area contributed by atoms with Gasteiger partial charge in [0.2, 0.25) is 0 Å². The van der Waals surface area contributed by atoms with Crippen LogP contribution in [0.1, 0.15) is 12.0 Å². The Morgan fingerprint density at radius 1 is 1.57 bits per heavy atom. The number of rotatable bonds is 2. The van der Waals surface area contributed by atoms with E-state index in [4.69, 9.17) is 0 Å². The van der Waals surface area contributed by atoms with Crippen molar-refractivity contribution < 1.29 is 5.11 Å². The molecule has 0 unspecified atom stereocenters. The lowest BCUT2D eigenvalue weighted by Gasteiger charge is -2.13. The molecule has 1 aliphatic rings. The summed E-state index contributed by atoms with van der Waals surface area (Å²) in [6.45, 7) is 2.74. The van der Waals surface area contributed by atoms with Crippen molar-refractivity contribution in [3.63, 3.8) is 0 Å². The summed E-state index contributed by atoms with van der Waals surface area (Å²) in [6, 6.07) is 2.14. The second-order valence-electron chi connectivity index (χ2n) is 3.53. The summed E-state index contributed by atoms with van der Waals surface area (Å²) in [5, 5.41) is 9.39. The lowest BCUT2D eigenvalue weighted by molar-refractivity contribution is 0.175. The van der Waals surface area contributed by atoms with Gasteiger partial charge in [0.25, 0.3) is 0 Å². The maximum atomic E-state index is 9.39. The van der Waals surface area contributed by atoms with Gasteiger partial charge in [-0.1, -0.05) is 0 Å². The summed E-state index contributed by atoms with van der Waals surface area (Å²) in [4.78, 5) is 2.28. The third-order valence-corrected chi connectivity index (χ3v) is 4.83. The fourth-order valence-corrected chi connectivity index (χ4v) is 4.48. The molecule has 0 saturated carbocycles. The zero-order valence-electron chi connectivity index (χ0n) is 7.54. The standard InChI is InChI=1S/C9H11Br2NOS/c10-8-3-6(9(11)14-8)4-12-2-1-7(13)5-12/h3,7,13H,1-2,4-5H2/t7-/m0/s1. The number of hydrogen-bond acceptors (Lipinski definition) is 3. The Labute approximate surface area is 104 Å². The number of halogens is 2. The third kappa shape index (κ3) is 2.58. The Morgan fingerprint density at radius 3 is 2.86 bits per heavy atom. The number of aliphatic hydroxyl groups is 1. The average Bonchev–Trinajstić information content (AvgIpc) is 2.61. The zero-order valence-corrected chi connectivity index (χ0v) is 11.5. The van der Waals surface area contributed by atoms with E-state index in [0.717, 1.165) is 29.8 Å². The molecule has 0 aliphatic carbocycles. The molecule has 2 nitrogen and oxygen atoms in total. The Hall–Kier alpha value is 0.580. The van der Waals surface area contributed by atoms with Gasteiger partial charge < -0.3 is 5.11 Å². The highest BCUT2D eigenvalue weighted by Gasteiger charge is 2.21. The highest BCUT2D eigenvalue weighted by atomic mass is 79.9. The van der Waals surface area contributed by atoms with Crippen molar-refractivity contribution in [2.75, 3.05) is 13.1 Å². The lowest BCUT2D eigenvalue weighted by Crippen LogP contribution is -2.21. The summed E-state index contributed by atoms with van der Waals surface area (Å²) >= 11 is 8.70. The topological polar surface area (TPSA) is 23.5 Å². The summed E-state index contributed by atoms with van der Waals surface area (Å²) in [6.07, 6.45) is 0.777. The van der Waals surface area contributed by atoms with Gasteiger partial charge in [-0.2, -0.15) is 0 Å². The molecule has 1 N–H and O–H groups in total. The third-order valence-electron chi connectivity index (χ3n) is 2.37. The number of β-amino-alcohol motifs (C(OH)–C–C–N with tert-alkyl or cyclic N) is 1. The highest BCUT2D eigenvalue weighted by Crippen LogP contribution is 2.33. The van der Waals surface area contributed by atoms with E-state index >= 15 is 0 Å². The van der Waals surface area contributed by atoms with E-state index in [1.807, 2.05) is 0 Å². The molecule has 1 atom stereocenters. The van der Waals surface area contributed by atoms with Crippen LogP contribution in [-0.4, -0.2) is 29.2 Å². The molecule has 0 amide bonds. The molecule has 1 fully saturated rings. The minimum atomic E-state index is -0.129. The SMILES string of the molecule is O[C@H]1CCN(Cc2cc(Br)sc2Br)C1. The highest BCUT2D eigenvalue weighted by molar-refractivity contribution is 9.12. The zero-order chi connectivity index (χ0) is 10.1. The minimum absolute atomic E-state index is 0.129. The molecule has 0 bridgehead atoms. The molecule has 14 heavy (non-hydrogen) atoms. The van der Waals surface area contributed by atoms with Crippen LogP contribution in [0.5, 0.6) is 0 Å². The van der Waals surface area contributed by atoms with Gasteiger partial charge in [-0.3, -0.25) is 4.90 Å². The normalized spacial score (nSPS) is 23.2. The molecule has 1 aliphatic heterocycles. The first kappa shape index (κ1) is 11.1.